The molecule has 3 aromatic carbocycles. The lowest BCUT2D eigenvalue weighted by molar-refractivity contribution is -0.384. The number of ether oxygens (including phenoxy) is 3. The first-order chi connectivity index (χ1) is 23.0. The predicted molar refractivity (Wildman–Crippen MR) is 177 cm³/mol. The minimum Gasteiger partial charge on any atom is -0.497 e. The van der Waals surface area contributed by atoms with Crippen molar-refractivity contribution in [1.29, 1.82) is 0 Å². The van der Waals surface area contributed by atoms with Crippen LogP contribution in [0.15, 0.2) is 92.7 Å². The van der Waals surface area contributed by atoms with E-state index in [0.29, 0.717) is 50.5 Å². The topological polar surface area (TPSA) is 166 Å². The Balaban J connectivity index is 1.57. The fourth-order valence-electron chi connectivity index (χ4n) is 5.15. The van der Waals surface area contributed by atoms with Gasteiger partial charge in [-0.25, -0.2) is 9.79 Å². The Labute approximate surface area is 279 Å². The fourth-order valence-corrected chi connectivity index (χ4v) is 7.10. The van der Waals surface area contributed by atoms with Crippen LogP contribution in [0.1, 0.15) is 43.9 Å². The molecule has 0 aliphatic carbocycles. The second-order valence-corrected chi connectivity index (χ2v) is 12.9. The third-order valence-corrected chi connectivity index (χ3v) is 9.59. The first kappa shape index (κ1) is 34.1. The van der Waals surface area contributed by atoms with Crippen molar-refractivity contribution < 1.29 is 36.5 Å². The van der Waals surface area contributed by atoms with Gasteiger partial charge in [0.15, 0.2) is 4.80 Å². The van der Waals surface area contributed by atoms with E-state index in [9.17, 15) is 28.1 Å². The van der Waals surface area contributed by atoms with Crippen molar-refractivity contribution in [3.63, 3.8) is 0 Å². The molecule has 250 valence electrons. The van der Waals surface area contributed by atoms with E-state index < -0.39 is 32.6 Å². The molecule has 0 spiro atoms. The van der Waals surface area contributed by atoms with Crippen LogP contribution >= 0.6 is 11.3 Å². The molecule has 1 aliphatic heterocycles. The van der Waals surface area contributed by atoms with E-state index in [0.717, 1.165) is 35.6 Å². The number of fused-ring (bicyclic) bond motifs is 1. The summed E-state index contributed by atoms with van der Waals surface area (Å²) in [5.74, 6) is 0.353. The number of nitro groups is 1. The summed E-state index contributed by atoms with van der Waals surface area (Å²) >= 11 is 1.14. The molecule has 0 unspecified atom stereocenters. The number of thiazole rings is 1. The first-order valence-electron chi connectivity index (χ1n) is 14.7. The molecule has 0 saturated carbocycles. The van der Waals surface area contributed by atoms with Gasteiger partial charge in [-0.05, 0) is 67.4 Å². The van der Waals surface area contributed by atoms with Gasteiger partial charge >= 0.3 is 16.1 Å². The number of esters is 1. The summed E-state index contributed by atoms with van der Waals surface area (Å²) in [6.07, 6.45) is 2.78. The van der Waals surface area contributed by atoms with Crippen molar-refractivity contribution in [2.75, 3.05) is 20.8 Å². The quantitative estimate of drug-likeness (QED) is 0.0905. The maximum absolute atomic E-state index is 14.1. The standard InChI is InChI=1S/C33H31N3O10S2/c1-5-7-26-29(32(38)45-6-2)30(25-19-23(43-3)14-17-27(25)44-4)35-31(37)28(47-33(35)34-26)18-20-8-12-22(13-9-20)46-48(41,42)24-15-10-21(11-16-24)36(39)40/h8-19,30H,5-7H2,1-4H3/b28-18-/t30-/m0/s1. The van der Waals surface area contributed by atoms with Crippen molar-refractivity contribution in [2.24, 2.45) is 4.99 Å². The molecule has 1 atom stereocenters. The molecule has 1 aliphatic rings. The number of carbonyl (C=O) groups is 1. The molecule has 4 aromatic rings. The van der Waals surface area contributed by atoms with Gasteiger partial charge in [-0.3, -0.25) is 19.5 Å². The average molecular weight is 694 g/mol. The second kappa shape index (κ2) is 14.2. The van der Waals surface area contributed by atoms with Gasteiger partial charge in [0.2, 0.25) is 0 Å². The van der Waals surface area contributed by atoms with Crippen molar-refractivity contribution in [3.8, 4) is 17.2 Å². The van der Waals surface area contributed by atoms with Crippen LogP contribution < -0.4 is 28.5 Å². The molecule has 1 aromatic heterocycles. The molecule has 0 amide bonds. The second-order valence-electron chi connectivity index (χ2n) is 10.4. The molecular formula is C33H31N3O10S2. The van der Waals surface area contributed by atoms with Gasteiger partial charge in [0, 0.05) is 17.7 Å². The molecule has 15 heteroatoms. The van der Waals surface area contributed by atoms with Gasteiger partial charge in [0.25, 0.3) is 11.2 Å². The van der Waals surface area contributed by atoms with Gasteiger partial charge < -0.3 is 18.4 Å². The van der Waals surface area contributed by atoms with Crippen molar-refractivity contribution >= 4 is 39.2 Å². The van der Waals surface area contributed by atoms with Crippen LogP contribution in [0.4, 0.5) is 5.69 Å². The van der Waals surface area contributed by atoms with Crippen LogP contribution in [-0.4, -0.2) is 44.7 Å². The van der Waals surface area contributed by atoms with Crippen LogP contribution in [0.25, 0.3) is 6.08 Å². The van der Waals surface area contributed by atoms with E-state index in [1.165, 1.54) is 30.9 Å². The average Bonchev–Trinajstić information content (AvgIpc) is 3.38. The molecule has 0 bridgehead atoms. The summed E-state index contributed by atoms with van der Waals surface area (Å²) in [6, 6.07) is 14.6. The van der Waals surface area contributed by atoms with Gasteiger partial charge in [0.05, 0.1) is 41.6 Å². The highest BCUT2D eigenvalue weighted by Crippen LogP contribution is 2.38. The number of allylic oxidation sites excluding steroid dienone is 1. The zero-order valence-electron chi connectivity index (χ0n) is 26.4. The Morgan fingerprint density at radius 1 is 1.02 bits per heavy atom. The number of carbonyl (C=O) groups excluding carboxylic acids is 1. The summed E-state index contributed by atoms with van der Waals surface area (Å²) in [4.78, 5) is 42.8. The van der Waals surface area contributed by atoms with Crippen LogP contribution in [0.5, 0.6) is 17.2 Å². The van der Waals surface area contributed by atoms with E-state index in [-0.39, 0.29) is 28.5 Å². The third-order valence-electron chi connectivity index (χ3n) is 7.34. The molecule has 0 N–H and O–H groups in total. The maximum Gasteiger partial charge on any atom is 0.339 e. The number of hydrogen-bond donors (Lipinski definition) is 0. The lowest BCUT2D eigenvalue weighted by Crippen LogP contribution is -2.40. The molecule has 5 rings (SSSR count). The highest BCUT2D eigenvalue weighted by Gasteiger charge is 2.36. The van der Waals surface area contributed by atoms with Gasteiger partial charge in [-0.1, -0.05) is 36.8 Å². The number of aromatic nitrogens is 1. The Kier molecular flexibility index (Phi) is 10.1. The predicted octanol–water partition coefficient (Wildman–Crippen LogP) is 4.27. The summed E-state index contributed by atoms with van der Waals surface area (Å²) in [6.45, 7) is 3.80. The smallest absolute Gasteiger partial charge is 0.339 e. The number of rotatable bonds is 12. The Bertz CT molecular complexity index is 2190. The Morgan fingerprint density at radius 2 is 1.71 bits per heavy atom. The number of nitrogens with zero attached hydrogens (tertiary/aromatic N) is 3. The molecule has 13 nitrogen and oxygen atoms in total. The van der Waals surface area contributed by atoms with Crippen molar-refractivity contribution in [3.05, 3.63) is 119 Å². The van der Waals surface area contributed by atoms with E-state index in [1.54, 1.807) is 43.3 Å². The van der Waals surface area contributed by atoms with Crippen LogP contribution in [0.2, 0.25) is 0 Å². The third kappa shape index (κ3) is 6.87. The van der Waals surface area contributed by atoms with Crippen LogP contribution in [0, 0.1) is 10.1 Å². The van der Waals surface area contributed by atoms with E-state index in [4.69, 9.17) is 23.4 Å². The lowest BCUT2D eigenvalue weighted by atomic mass is 9.93. The van der Waals surface area contributed by atoms with Crippen LogP contribution in [0.3, 0.4) is 0 Å². The molecular weight excluding hydrogens is 663 g/mol. The highest BCUT2D eigenvalue weighted by atomic mass is 32.2. The van der Waals surface area contributed by atoms with Gasteiger partial charge in [0.1, 0.15) is 28.2 Å². The SMILES string of the molecule is CCCC1=C(C(=O)OCC)[C@H](c2cc(OC)ccc2OC)n2c(s/c(=C\c3ccc(OS(=O)(=O)c4ccc([N+](=O)[O-])cc4)cc3)c2=O)=N1. The minimum atomic E-state index is -4.26. The number of hydrogen-bond acceptors (Lipinski definition) is 12. The summed E-state index contributed by atoms with van der Waals surface area (Å²) < 4.78 is 49.0. The molecule has 48 heavy (non-hydrogen) atoms. The van der Waals surface area contributed by atoms with E-state index in [2.05, 4.69) is 0 Å². The summed E-state index contributed by atoms with van der Waals surface area (Å²) in [5, 5.41) is 10.9. The zero-order valence-corrected chi connectivity index (χ0v) is 28.0. The number of benzene rings is 3. The number of methoxy groups -OCH3 is 2. The van der Waals surface area contributed by atoms with Crippen molar-refractivity contribution in [1.82, 2.24) is 4.57 Å². The summed E-state index contributed by atoms with van der Waals surface area (Å²) in [7, 11) is -1.25. The number of non-ortho nitro benzene ring substituents is 1. The normalized spacial score (nSPS) is 14.6. The monoisotopic (exact) mass is 693 g/mol. The maximum atomic E-state index is 14.1. The Morgan fingerprint density at radius 3 is 2.31 bits per heavy atom. The molecule has 0 saturated heterocycles. The molecule has 0 fully saturated rings. The first-order valence-corrected chi connectivity index (χ1v) is 17.0. The van der Waals surface area contributed by atoms with Crippen LogP contribution in [-0.2, 0) is 19.6 Å². The largest absolute Gasteiger partial charge is 0.497 e. The minimum absolute atomic E-state index is 0.000341. The summed E-state index contributed by atoms with van der Waals surface area (Å²) in [5.41, 5.74) is 1.17. The zero-order chi connectivity index (χ0) is 34.6. The molecule has 2 heterocycles. The highest BCUT2D eigenvalue weighted by molar-refractivity contribution is 7.87. The van der Waals surface area contributed by atoms with Gasteiger partial charge in [-0.15, -0.1) is 0 Å². The van der Waals surface area contributed by atoms with Crippen molar-refractivity contribution in [2.45, 2.75) is 37.6 Å². The number of nitro benzene ring substituents is 1. The Hall–Kier alpha value is -5.28. The van der Waals surface area contributed by atoms with Gasteiger partial charge in [-0.2, -0.15) is 8.42 Å². The fraction of sp³-hybridized carbons (Fsp3) is 0.242. The molecule has 0 radical (unpaired) electrons. The van der Waals surface area contributed by atoms with E-state index in [1.807, 2.05) is 6.92 Å². The van der Waals surface area contributed by atoms with E-state index >= 15 is 0 Å². The lowest BCUT2D eigenvalue weighted by Gasteiger charge is -2.27.